The Morgan fingerprint density at radius 2 is 1.67 bits per heavy atom. The van der Waals surface area contributed by atoms with Crippen molar-refractivity contribution in [3.63, 3.8) is 0 Å². The fourth-order valence-corrected chi connectivity index (χ4v) is 6.19. The smallest absolute Gasteiger partial charge is 0.410 e. The zero-order chi connectivity index (χ0) is 36.8. The van der Waals surface area contributed by atoms with Crippen molar-refractivity contribution in [3.8, 4) is 5.75 Å². The number of hydrogen-bond donors (Lipinski definition) is 0. The van der Waals surface area contributed by atoms with E-state index in [1.807, 2.05) is 57.2 Å². The minimum Gasteiger partial charge on any atom is -0.490 e. The van der Waals surface area contributed by atoms with Gasteiger partial charge in [-0.2, -0.15) is 0 Å². The third-order valence-electron chi connectivity index (χ3n) is 8.66. The number of methoxy groups -OCH3 is 2. The molecule has 1 saturated heterocycles. The number of benzene rings is 2. The van der Waals surface area contributed by atoms with Gasteiger partial charge in [0.2, 0.25) is 0 Å². The van der Waals surface area contributed by atoms with Crippen LogP contribution in [-0.2, 0) is 46.5 Å². The molecule has 2 aromatic carbocycles. The molecule has 2 heterocycles. The third kappa shape index (κ3) is 12.8. The summed E-state index contributed by atoms with van der Waals surface area (Å²) < 4.78 is 41.0. The highest BCUT2D eigenvalue weighted by Crippen LogP contribution is 2.36. The van der Waals surface area contributed by atoms with Crippen LogP contribution in [0.15, 0.2) is 42.5 Å². The summed E-state index contributed by atoms with van der Waals surface area (Å²) in [5.41, 5.74) is 3.28. The Morgan fingerprint density at radius 3 is 2.35 bits per heavy atom. The summed E-state index contributed by atoms with van der Waals surface area (Å²) in [4.78, 5) is 33.0. The number of hydrogen-bond acceptors (Lipinski definition) is 12. The number of likely N-dealkylation sites (tertiary alicyclic amines) is 1. The highest BCUT2D eigenvalue weighted by Gasteiger charge is 2.42. The molecule has 0 N–H and O–H groups in total. The molecule has 0 aliphatic carbocycles. The van der Waals surface area contributed by atoms with Crippen LogP contribution in [0.3, 0.4) is 0 Å². The zero-order valence-corrected chi connectivity index (χ0v) is 30.9. The molecule has 1 fully saturated rings. The molecule has 0 bridgehead atoms. The minimum atomic E-state index is -0.797. The van der Waals surface area contributed by atoms with E-state index in [1.165, 1.54) is 0 Å². The van der Waals surface area contributed by atoms with Crippen molar-refractivity contribution in [2.24, 2.45) is 0 Å². The predicted octanol–water partition coefficient (Wildman–Crippen LogP) is 5.38. The molecule has 51 heavy (non-hydrogen) atoms. The molecule has 284 valence electrons. The molecule has 0 spiro atoms. The number of fused-ring (bicyclic) bond motifs is 1. The van der Waals surface area contributed by atoms with Gasteiger partial charge >= 0.3 is 6.09 Å². The van der Waals surface area contributed by atoms with Gasteiger partial charge in [0.1, 0.15) is 24.1 Å². The van der Waals surface area contributed by atoms with Gasteiger partial charge in [0.05, 0.1) is 64.0 Å². The first-order chi connectivity index (χ1) is 24.5. The summed E-state index contributed by atoms with van der Waals surface area (Å²) in [6.07, 6.45) is -0.909. The van der Waals surface area contributed by atoms with E-state index in [0.717, 1.165) is 47.6 Å². The maximum absolute atomic E-state index is 13.5. The number of carbonyl (C=O) groups excluding carboxylic acids is 1. The van der Waals surface area contributed by atoms with Crippen LogP contribution in [0.5, 0.6) is 5.75 Å². The van der Waals surface area contributed by atoms with Crippen LogP contribution in [0, 0.1) is 10.1 Å². The standard InChI is InChI=1S/C37H55N3O11/c1-27(51-40(42)43)14-18-47-33-23-39(36(41)50-37(2,3)4)24-34(35(33)30-11-8-28(9-12-30)25-46-21-20-45-6)49-26-29-10-13-32-31(22-29)38(16-19-48-32)15-7-17-44-5/h8-13,22,27,33-35H,7,14-21,23-26H2,1-6H3/t27-,33+,34-,35-/m0/s1. The van der Waals surface area contributed by atoms with Crippen molar-refractivity contribution in [2.45, 2.75) is 83.6 Å². The van der Waals surface area contributed by atoms with Crippen LogP contribution in [0.1, 0.15) is 63.1 Å². The number of anilines is 1. The molecule has 0 unspecified atom stereocenters. The Labute approximate surface area is 301 Å². The van der Waals surface area contributed by atoms with Crippen LogP contribution >= 0.6 is 0 Å². The molecule has 4 atom stereocenters. The van der Waals surface area contributed by atoms with Crippen LogP contribution in [0.25, 0.3) is 0 Å². The van der Waals surface area contributed by atoms with Crippen LogP contribution in [0.2, 0.25) is 0 Å². The molecule has 2 aliphatic heterocycles. The SMILES string of the molecule is COCCCN1CCOc2ccc(CO[C@H]3CN(C(=O)OC(C)(C)C)C[C@@H](OCC[C@H](C)O[N+](=O)[O-])[C@@H]3c3ccc(COCCOC)cc3)cc21. The summed E-state index contributed by atoms with van der Waals surface area (Å²) in [5.74, 6) is 0.564. The lowest BCUT2D eigenvalue weighted by atomic mass is 9.84. The lowest BCUT2D eigenvalue weighted by Crippen LogP contribution is -2.55. The van der Waals surface area contributed by atoms with Crippen LogP contribution in [0.4, 0.5) is 10.5 Å². The molecule has 0 aromatic heterocycles. The van der Waals surface area contributed by atoms with E-state index in [2.05, 4.69) is 11.0 Å². The number of nitrogens with zero attached hydrogens (tertiary/aromatic N) is 3. The Morgan fingerprint density at radius 1 is 0.961 bits per heavy atom. The van der Waals surface area contributed by atoms with Crippen LogP contribution in [-0.4, -0.2) is 113 Å². The first kappa shape index (κ1) is 40.1. The summed E-state index contributed by atoms with van der Waals surface area (Å²) in [7, 11) is 3.34. The largest absolute Gasteiger partial charge is 0.490 e. The van der Waals surface area contributed by atoms with Gasteiger partial charge in [-0.1, -0.05) is 30.3 Å². The Kier molecular flexibility index (Phi) is 15.6. The summed E-state index contributed by atoms with van der Waals surface area (Å²) in [6, 6.07) is 14.2. The van der Waals surface area contributed by atoms with E-state index in [0.29, 0.717) is 33.0 Å². The van der Waals surface area contributed by atoms with Crippen molar-refractivity contribution >= 4 is 11.8 Å². The molecule has 2 aliphatic rings. The second-order valence-electron chi connectivity index (χ2n) is 13.9. The van der Waals surface area contributed by atoms with E-state index in [9.17, 15) is 14.9 Å². The van der Waals surface area contributed by atoms with E-state index in [1.54, 1.807) is 26.0 Å². The predicted molar refractivity (Wildman–Crippen MR) is 190 cm³/mol. The van der Waals surface area contributed by atoms with Gasteiger partial charge in [0, 0.05) is 39.9 Å². The second-order valence-corrected chi connectivity index (χ2v) is 13.9. The third-order valence-corrected chi connectivity index (χ3v) is 8.66. The molecule has 2 aromatic rings. The topological polar surface area (TPSA) is 141 Å². The molecule has 1 amide bonds. The number of piperidine rings is 1. The number of carbonyl (C=O) groups is 1. The van der Waals surface area contributed by atoms with E-state index in [4.69, 9.17) is 38.0 Å². The fraction of sp³-hybridized carbons (Fsp3) is 0.649. The highest BCUT2D eigenvalue weighted by atomic mass is 17.0. The Balaban J connectivity index is 1.60. The second kappa shape index (κ2) is 19.8. The average molecular weight is 718 g/mol. The average Bonchev–Trinajstić information content (AvgIpc) is 3.08. The van der Waals surface area contributed by atoms with Gasteiger partial charge < -0.3 is 47.8 Å². The fourth-order valence-electron chi connectivity index (χ4n) is 6.19. The maximum atomic E-state index is 13.5. The molecular formula is C37H55N3O11. The monoisotopic (exact) mass is 717 g/mol. The number of amides is 1. The van der Waals surface area contributed by atoms with Gasteiger partial charge in [-0.25, -0.2) is 4.79 Å². The molecular weight excluding hydrogens is 662 g/mol. The quantitative estimate of drug-likeness (QED) is 0.105. The van der Waals surface area contributed by atoms with E-state index < -0.39 is 35.1 Å². The van der Waals surface area contributed by atoms with Crippen molar-refractivity contribution in [1.29, 1.82) is 0 Å². The van der Waals surface area contributed by atoms with E-state index >= 15 is 0 Å². The van der Waals surface area contributed by atoms with Gasteiger partial charge in [-0.05, 0) is 69.4 Å². The molecule has 14 nitrogen and oxygen atoms in total. The summed E-state index contributed by atoms with van der Waals surface area (Å²) in [6.45, 7) is 12.5. The maximum Gasteiger partial charge on any atom is 0.410 e. The Bertz CT molecular complexity index is 1370. The van der Waals surface area contributed by atoms with Crippen molar-refractivity contribution in [2.75, 3.05) is 78.3 Å². The van der Waals surface area contributed by atoms with Gasteiger partial charge in [-0.3, -0.25) is 0 Å². The normalized spacial score (nSPS) is 19.6. The summed E-state index contributed by atoms with van der Waals surface area (Å²) >= 11 is 0. The van der Waals surface area contributed by atoms with Crippen molar-refractivity contribution in [1.82, 2.24) is 4.90 Å². The molecule has 0 radical (unpaired) electrons. The van der Waals surface area contributed by atoms with Gasteiger partial charge in [-0.15, -0.1) is 10.1 Å². The van der Waals surface area contributed by atoms with Crippen molar-refractivity contribution < 1.29 is 47.9 Å². The van der Waals surface area contributed by atoms with Gasteiger partial charge in [0.25, 0.3) is 5.09 Å². The molecule has 0 saturated carbocycles. The first-order valence-electron chi connectivity index (χ1n) is 17.6. The lowest BCUT2D eigenvalue weighted by molar-refractivity contribution is -0.767. The number of rotatable bonds is 19. The van der Waals surface area contributed by atoms with Crippen LogP contribution < -0.4 is 9.64 Å². The number of ether oxygens (including phenoxy) is 7. The van der Waals surface area contributed by atoms with Crippen molar-refractivity contribution in [3.05, 3.63) is 69.3 Å². The zero-order valence-electron chi connectivity index (χ0n) is 30.9. The minimum absolute atomic E-state index is 0.181. The molecule has 4 rings (SSSR count). The summed E-state index contributed by atoms with van der Waals surface area (Å²) in [5, 5.41) is 10.1. The lowest BCUT2D eigenvalue weighted by Gasteiger charge is -2.44. The first-order valence-corrected chi connectivity index (χ1v) is 17.6. The van der Waals surface area contributed by atoms with E-state index in [-0.39, 0.29) is 38.6 Å². The Hall–Kier alpha value is -3.69. The molecule has 14 heteroatoms. The highest BCUT2D eigenvalue weighted by molar-refractivity contribution is 5.68. The van der Waals surface area contributed by atoms with Gasteiger partial charge in [0.15, 0.2) is 0 Å².